The predicted octanol–water partition coefficient (Wildman–Crippen LogP) is 1.71. The highest BCUT2D eigenvalue weighted by Gasteiger charge is 2.40. The van der Waals surface area contributed by atoms with Crippen molar-refractivity contribution >= 4 is 22.9 Å². The van der Waals surface area contributed by atoms with Crippen LogP contribution in [0.2, 0.25) is 0 Å². The van der Waals surface area contributed by atoms with Gasteiger partial charge in [-0.25, -0.2) is 13.8 Å². The number of aromatic nitrogens is 4. The monoisotopic (exact) mass is 278 g/mol. The summed E-state index contributed by atoms with van der Waals surface area (Å²) < 4.78 is 49.8. The summed E-state index contributed by atoms with van der Waals surface area (Å²) in [5, 5.41) is 4.80. The first kappa shape index (κ1) is 13.3. The third-order valence-corrected chi connectivity index (χ3v) is 2.32. The minimum absolute atomic E-state index is 0.0211. The Hall–Kier alpha value is -2.13. The van der Waals surface area contributed by atoms with Gasteiger partial charge in [0.2, 0.25) is 5.95 Å². The van der Waals surface area contributed by atoms with E-state index in [1.807, 2.05) is 0 Å². The summed E-state index contributed by atoms with van der Waals surface area (Å²) in [5.74, 6) is -4.02. The lowest BCUT2D eigenvalue weighted by molar-refractivity contribution is -0.117. The zero-order chi connectivity index (χ0) is 14.0. The Morgan fingerprint density at radius 2 is 2.11 bits per heavy atom. The summed E-state index contributed by atoms with van der Waals surface area (Å²) >= 11 is 0. The Balaban J connectivity index is 2.27. The highest BCUT2D eigenvalue weighted by molar-refractivity contribution is 5.83. The molecule has 0 bridgehead atoms. The van der Waals surface area contributed by atoms with E-state index in [9.17, 15) is 17.6 Å². The molecule has 0 aromatic carbocycles. The SMILES string of the molecule is CNc1nc(NCC(F)(F)C(F)F)c2[nH]cnc2n1. The molecule has 104 valence electrons. The van der Waals surface area contributed by atoms with Crippen LogP contribution in [0.5, 0.6) is 0 Å². The van der Waals surface area contributed by atoms with Crippen LogP contribution in [0.4, 0.5) is 29.3 Å². The van der Waals surface area contributed by atoms with Crippen molar-refractivity contribution < 1.29 is 17.6 Å². The Bertz CT molecular complexity index is 569. The molecule has 0 fully saturated rings. The van der Waals surface area contributed by atoms with Crippen molar-refractivity contribution in [2.24, 2.45) is 0 Å². The average molecular weight is 278 g/mol. The fourth-order valence-corrected chi connectivity index (χ4v) is 1.35. The van der Waals surface area contributed by atoms with E-state index < -0.39 is 18.9 Å². The van der Waals surface area contributed by atoms with Crippen LogP contribution >= 0.6 is 0 Å². The van der Waals surface area contributed by atoms with E-state index in [2.05, 4.69) is 30.6 Å². The topological polar surface area (TPSA) is 78.5 Å². The maximum atomic E-state index is 12.8. The van der Waals surface area contributed by atoms with E-state index >= 15 is 0 Å². The molecule has 2 heterocycles. The molecule has 0 radical (unpaired) electrons. The fourth-order valence-electron chi connectivity index (χ4n) is 1.35. The third kappa shape index (κ3) is 2.66. The van der Waals surface area contributed by atoms with Gasteiger partial charge in [-0.2, -0.15) is 18.7 Å². The lowest BCUT2D eigenvalue weighted by Gasteiger charge is -2.16. The van der Waals surface area contributed by atoms with E-state index in [1.165, 1.54) is 13.4 Å². The van der Waals surface area contributed by atoms with Crippen LogP contribution in [0, 0.1) is 0 Å². The van der Waals surface area contributed by atoms with Gasteiger partial charge in [0.25, 0.3) is 0 Å². The summed E-state index contributed by atoms with van der Waals surface area (Å²) in [6.45, 7) is -1.24. The van der Waals surface area contributed by atoms with Crippen LogP contribution in [-0.4, -0.2) is 45.9 Å². The fraction of sp³-hybridized carbons (Fsp3) is 0.444. The second-order valence-corrected chi connectivity index (χ2v) is 3.66. The van der Waals surface area contributed by atoms with Crippen LogP contribution < -0.4 is 10.6 Å². The number of fused-ring (bicyclic) bond motifs is 1. The van der Waals surface area contributed by atoms with Crippen molar-refractivity contribution in [1.29, 1.82) is 0 Å². The number of nitrogens with one attached hydrogen (secondary N) is 3. The molecule has 0 spiro atoms. The highest BCUT2D eigenvalue weighted by atomic mass is 19.3. The standard InChI is InChI=1S/C9H10F4N6/c1-14-8-18-5(4-6(19-8)17-3-16-4)15-2-9(12,13)7(10)11/h3,7H,2H2,1H3,(H3,14,15,16,17,18,19). The molecular weight excluding hydrogens is 268 g/mol. The van der Waals surface area contributed by atoms with Crippen molar-refractivity contribution in [2.75, 3.05) is 24.2 Å². The van der Waals surface area contributed by atoms with Gasteiger partial charge < -0.3 is 15.6 Å². The van der Waals surface area contributed by atoms with Crippen LogP contribution in [0.1, 0.15) is 0 Å². The normalized spacial score (nSPS) is 12.1. The molecular formula is C9H10F4N6. The predicted molar refractivity (Wildman–Crippen MR) is 60.7 cm³/mol. The van der Waals surface area contributed by atoms with Crippen LogP contribution in [0.15, 0.2) is 6.33 Å². The minimum Gasteiger partial charge on any atom is -0.362 e. The number of imidazole rings is 1. The van der Waals surface area contributed by atoms with Crippen LogP contribution in [0.25, 0.3) is 11.2 Å². The molecule has 0 unspecified atom stereocenters. The van der Waals surface area contributed by atoms with Gasteiger partial charge in [-0.3, -0.25) is 0 Å². The molecule has 2 aromatic rings. The number of hydrogen-bond acceptors (Lipinski definition) is 5. The largest absolute Gasteiger partial charge is 0.362 e. The van der Waals surface area contributed by atoms with E-state index in [0.29, 0.717) is 0 Å². The Morgan fingerprint density at radius 3 is 2.74 bits per heavy atom. The van der Waals surface area contributed by atoms with E-state index in [-0.39, 0.29) is 22.9 Å². The first-order chi connectivity index (χ1) is 8.94. The molecule has 2 aromatic heterocycles. The second-order valence-electron chi connectivity index (χ2n) is 3.66. The quantitative estimate of drug-likeness (QED) is 0.726. The lowest BCUT2D eigenvalue weighted by Crippen LogP contribution is -2.35. The van der Waals surface area contributed by atoms with Crippen LogP contribution in [0.3, 0.4) is 0 Å². The summed E-state index contributed by atoms with van der Waals surface area (Å²) in [5.41, 5.74) is 0.506. The first-order valence-corrected chi connectivity index (χ1v) is 5.23. The number of H-pyrrole nitrogens is 1. The van der Waals surface area contributed by atoms with Gasteiger partial charge in [-0.15, -0.1) is 0 Å². The molecule has 0 aliphatic rings. The van der Waals surface area contributed by atoms with Gasteiger partial charge in [0.05, 0.1) is 12.9 Å². The van der Waals surface area contributed by atoms with Gasteiger partial charge in [0.15, 0.2) is 11.5 Å². The summed E-state index contributed by atoms with van der Waals surface area (Å²) in [6, 6.07) is 0. The third-order valence-electron chi connectivity index (χ3n) is 2.32. The molecule has 2 rings (SSSR count). The van der Waals surface area contributed by atoms with Crippen LogP contribution in [-0.2, 0) is 0 Å². The van der Waals surface area contributed by atoms with Gasteiger partial charge in [0.1, 0.15) is 5.52 Å². The molecule has 0 atom stereocenters. The van der Waals surface area contributed by atoms with Gasteiger partial charge in [-0.1, -0.05) is 0 Å². The molecule has 6 nitrogen and oxygen atoms in total. The molecule has 0 saturated carbocycles. The van der Waals surface area contributed by atoms with Gasteiger partial charge in [0, 0.05) is 7.05 Å². The van der Waals surface area contributed by atoms with Crippen molar-refractivity contribution in [3.8, 4) is 0 Å². The van der Waals surface area contributed by atoms with Crippen molar-refractivity contribution in [3.05, 3.63) is 6.33 Å². The van der Waals surface area contributed by atoms with Crippen molar-refractivity contribution in [2.45, 2.75) is 12.3 Å². The Kier molecular flexibility index (Phi) is 3.40. The molecule has 0 aliphatic heterocycles. The first-order valence-electron chi connectivity index (χ1n) is 5.23. The number of halogens is 4. The average Bonchev–Trinajstić information content (AvgIpc) is 2.83. The molecule has 10 heteroatoms. The zero-order valence-electron chi connectivity index (χ0n) is 9.72. The van der Waals surface area contributed by atoms with Crippen molar-refractivity contribution in [1.82, 2.24) is 19.9 Å². The van der Waals surface area contributed by atoms with E-state index in [0.717, 1.165) is 0 Å². The second kappa shape index (κ2) is 4.86. The summed E-state index contributed by atoms with van der Waals surface area (Å²) in [7, 11) is 1.53. The number of rotatable bonds is 5. The number of nitrogens with zero attached hydrogens (tertiary/aromatic N) is 3. The molecule has 3 N–H and O–H groups in total. The maximum Gasteiger partial charge on any atom is 0.324 e. The van der Waals surface area contributed by atoms with Crippen molar-refractivity contribution in [3.63, 3.8) is 0 Å². The zero-order valence-corrected chi connectivity index (χ0v) is 9.72. The number of aromatic amines is 1. The molecule has 19 heavy (non-hydrogen) atoms. The van der Waals surface area contributed by atoms with E-state index in [1.54, 1.807) is 0 Å². The summed E-state index contributed by atoms with van der Waals surface area (Å²) in [4.78, 5) is 14.3. The Morgan fingerprint density at radius 1 is 1.37 bits per heavy atom. The lowest BCUT2D eigenvalue weighted by atomic mass is 10.3. The Labute approximate surface area is 104 Å². The van der Waals surface area contributed by atoms with Gasteiger partial charge >= 0.3 is 12.3 Å². The molecule has 0 saturated heterocycles. The number of alkyl halides is 4. The molecule has 0 amide bonds. The minimum atomic E-state index is -4.14. The number of hydrogen-bond donors (Lipinski definition) is 3. The smallest absolute Gasteiger partial charge is 0.324 e. The van der Waals surface area contributed by atoms with Gasteiger partial charge in [-0.05, 0) is 0 Å². The maximum absolute atomic E-state index is 12.8. The highest BCUT2D eigenvalue weighted by Crippen LogP contribution is 2.25. The number of anilines is 2. The molecule has 0 aliphatic carbocycles. The van der Waals surface area contributed by atoms with E-state index in [4.69, 9.17) is 0 Å². The summed E-state index contributed by atoms with van der Waals surface area (Å²) in [6.07, 6.45) is -2.45.